The van der Waals surface area contributed by atoms with Gasteiger partial charge in [0, 0.05) is 61.6 Å². The van der Waals surface area contributed by atoms with Gasteiger partial charge in [0.05, 0.1) is 5.52 Å². The van der Waals surface area contributed by atoms with E-state index in [0.29, 0.717) is 0 Å². The molecule has 152 valence electrons. The van der Waals surface area contributed by atoms with Gasteiger partial charge in [0.15, 0.2) is 0 Å². The van der Waals surface area contributed by atoms with Crippen molar-refractivity contribution in [3.05, 3.63) is 71.4 Å². The first kappa shape index (κ1) is 20.1. The van der Waals surface area contributed by atoms with Crippen LogP contribution in [0, 0.1) is 0 Å². The summed E-state index contributed by atoms with van der Waals surface area (Å²) in [6, 6.07) is 18.7. The Morgan fingerprint density at radius 2 is 1.66 bits per heavy atom. The number of hydrogen-bond acceptors (Lipinski definition) is 4. The number of pyridine rings is 1. The Kier molecular flexibility index (Phi) is 6.99. The average Bonchev–Trinajstić information content (AvgIpc) is 2.76. The number of fused-ring (bicyclic) bond motifs is 1. The van der Waals surface area contributed by atoms with E-state index < -0.39 is 0 Å². The van der Waals surface area contributed by atoms with E-state index in [1.54, 1.807) is 0 Å². The molecule has 1 N–H and O–H groups in total. The van der Waals surface area contributed by atoms with Crippen LogP contribution in [0.2, 0.25) is 5.02 Å². The van der Waals surface area contributed by atoms with E-state index >= 15 is 0 Å². The zero-order valence-electron chi connectivity index (χ0n) is 16.9. The minimum Gasteiger partial charge on any atom is -0.384 e. The number of benzene rings is 2. The summed E-state index contributed by atoms with van der Waals surface area (Å²) in [5.41, 5.74) is 3.51. The van der Waals surface area contributed by atoms with Gasteiger partial charge in [-0.05, 0) is 49.2 Å². The third-order valence-electron chi connectivity index (χ3n) is 5.70. The number of nitrogens with one attached hydrogen (secondary N) is 1. The quantitative estimate of drug-likeness (QED) is 0.554. The summed E-state index contributed by atoms with van der Waals surface area (Å²) in [6.45, 7) is 7.98. The lowest BCUT2D eigenvalue weighted by Gasteiger charge is -2.34. The molecule has 3 aromatic rings. The smallest absolute Gasteiger partial charge is 0.0737 e. The second-order valence-electron chi connectivity index (χ2n) is 7.72. The van der Waals surface area contributed by atoms with E-state index in [4.69, 9.17) is 11.6 Å². The number of aromatic nitrogens is 1. The molecular formula is C24H29ClN4. The number of piperazine rings is 1. The molecule has 0 saturated carbocycles. The van der Waals surface area contributed by atoms with Crippen LogP contribution in [-0.4, -0.2) is 60.6 Å². The molecule has 0 spiro atoms. The van der Waals surface area contributed by atoms with Crippen LogP contribution in [-0.2, 0) is 6.42 Å². The van der Waals surface area contributed by atoms with Gasteiger partial charge in [0.2, 0.25) is 0 Å². The maximum absolute atomic E-state index is 6.08. The van der Waals surface area contributed by atoms with Crippen molar-refractivity contribution < 1.29 is 0 Å². The standard InChI is InChI=1S/C24H29ClN4/c25-21-7-8-22-23(9-12-27-24(22)19-21)26-11-4-13-28-15-17-29(18-16-28)14-10-20-5-2-1-3-6-20/h1-3,5-9,12,19H,4,10-11,13-18H2,(H,26,27). The van der Waals surface area contributed by atoms with Gasteiger partial charge in [-0.2, -0.15) is 0 Å². The highest BCUT2D eigenvalue weighted by Crippen LogP contribution is 2.24. The molecule has 0 bridgehead atoms. The van der Waals surface area contributed by atoms with Crippen molar-refractivity contribution in [3.63, 3.8) is 0 Å². The van der Waals surface area contributed by atoms with Crippen molar-refractivity contribution in [2.45, 2.75) is 12.8 Å². The van der Waals surface area contributed by atoms with E-state index in [9.17, 15) is 0 Å². The Hall–Kier alpha value is -2.14. The van der Waals surface area contributed by atoms with Crippen molar-refractivity contribution in [1.29, 1.82) is 0 Å². The van der Waals surface area contributed by atoms with Crippen LogP contribution in [0.3, 0.4) is 0 Å². The van der Waals surface area contributed by atoms with Crippen molar-refractivity contribution in [2.75, 3.05) is 51.1 Å². The normalized spacial score (nSPS) is 15.6. The Balaban J connectivity index is 1.16. The molecule has 2 heterocycles. The first-order chi connectivity index (χ1) is 14.3. The summed E-state index contributed by atoms with van der Waals surface area (Å²) in [7, 11) is 0. The van der Waals surface area contributed by atoms with Gasteiger partial charge in [-0.1, -0.05) is 41.9 Å². The number of anilines is 1. The Bertz CT molecular complexity index is 907. The lowest BCUT2D eigenvalue weighted by Crippen LogP contribution is -2.47. The Labute approximate surface area is 178 Å². The minimum absolute atomic E-state index is 0.727. The third kappa shape index (κ3) is 5.69. The number of nitrogens with zero attached hydrogens (tertiary/aromatic N) is 3. The summed E-state index contributed by atoms with van der Waals surface area (Å²) in [5, 5.41) is 5.43. The van der Waals surface area contributed by atoms with Crippen LogP contribution in [0.25, 0.3) is 10.9 Å². The zero-order chi connectivity index (χ0) is 19.9. The lowest BCUT2D eigenvalue weighted by molar-refractivity contribution is 0.133. The topological polar surface area (TPSA) is 31.4 Å². The summed E-state index contributed by atoms with van der Waals surface area (Å²) in [4.78, 5) is 9.59. The van der Waals surface area contributed by atoms with Crippen molar-refractivity contribution in [2.24, 2.45) is 0 Å². The van der Waals surface area contributed by atoms with E-state index in [1.165, 1.54) is 38.3 Å². The van der Waals surface area contributed by atoms with E-state index in [2.05, 4.69) is 50.4 Å². The molecule has 1 aliphatic heterocycles. The number of halogens is 1. The molecule has 0 unspecified atom stereocenters. The average molecular weight is 409 g/mol. The fraction of sp³-hybridized carbons (Fsp3) is 0.375. The fourth-order valence-corrected chi connectivity index (χ4v) is 4.14. The molecule has 2 aromatic carbocycles. The molecule has 0 amide bonds. The van der Waals surface area contributed by atoms with Gasteiger partial charge < -0.3 is 15.1 Å². The lowest BCUT2D eigenvalue weighted by atomic mass is 10.1. The van der Waals surface area contributed by atoms with Gasteiger partial charge in [-0.15, -0.1) is 0 Å². The molecule has 1 aromatic heterocycles. The molecule has 5 heteroatoms. The summed E-state index contributed by atoms with van der Waals surface area (Å²) in [5.74, 6) is 0. The van der Waals surface area contributed by atoms with E-state index in [1.807, 2.05) is 30.5 Å². The van der Waals surface area contributed by atoms with Gasteiger partial charge in [-0.25, -0.2) is 0 Å². The van der Waals surface area contributed by atoms with Crippen LogP contribution in [0.15, 0.2) is 60.8 Å². The summed E-state index contributed by atoms with van der Waals surface area (Å²) in [6.07, 6.45) is 4.13. The molecule has 0 radical (unpaired) electrons. The van der Waals surface area contributed by atoms with Crippen molar-refractivity contribution in [3.8, 4) is 0 Å². The third-order valence-corrected chi connectivity index (χ3v) is 5.93. The van der Waals surface area contributed by atoms with Crippen molar-refractivity contribution in [1.82, 2.24) is 14.8 Å². The van der Waals surface area contributed by atoms with Gasteiger partial charge in [0.1, 0.15) is 0 Å². The molecular weight excluding hydrogens is 380 g/mol. The zero-order valence-corrected chi connectivity index (χ0v) is 17.6. The molecule has 4 nitrogen and oxygen atoms in total. The first-order valence-electron chi connectivity index (χ1n) is 10.5. The second kappa shape index (κ2) is 10.1. The maximum atomic E-state index is 6.08. The largest absolute Gasteiger partial charge is 0.384 e. The summed E-state index contributed by atoms with van der Waals surface area (Å²) >= 11 is 6.08. The van der Waals surface area contributed by atoms with Crippen LogP contribution >= 0.6 is 11.6 Å². The molecule has 0 atom stereocenters. The van der Waals surface area contributed by atoms with Crippen LogP contribution in [0.4, 0.5) is 5.69 Å². The highest BCUT2D eigenvalue weighted by molar-refractivity contribution is 6.31. The van der Waals surface area contributed by atoms with Crippen LogP contribution < -0.4 is 5.32 Å². The maximum Gasteiger partial charge on any atom is 0.0737 e. The van der Waals surface area contributed by atoms with Gasteiger partial charge in [0.25, 0.3) is 0 Å². The SMILES string of the molecule is Clc1ccc2c(NCCCN3CCN(CCc4ccccc4)CC3)ccnc2c1. The van der Waals surface area contributed by atoms with E-state index in [-0.39, 0.29) is 0 Å². The number of hydrogen-bond donors (Lipinski definition) is 1. The second-order valence-corrected chi connectivity index (χ2v) is 8.16. The minimum atomic E-state index is 0.727. The molecule has 4 rings (SSSR count). The fourth-order valence-electron chi connectivity index (χ4n) is 3.97. The Morgan fingerprint density at radius 3 is 2.45 bits per heavy atom. The molecule has 0 aliphatic carbocycles. The van der Waals surface area contributed by atoms with Crippen LogP contribution in [0.1, 0.15) is 12.0 Å². The Morgan fingerprint density at radius 1 is 0.897 bits per heavy atom. The van der Waals surface area contributed by atoms with Crippen LogP contribution in [0.5, 0.6) is 0 Å². The first-order valence-corrected chi connectivity index (χ1v) is 10.9. The molecule has 1 saturated heterocycles. The van der Waals surface area contributed by atoms with Gasteiger partial charge in [-0.3, -0.25) is 4.98 Å². The monoisotopic (exact) mass is 408 g/mol. The molecule has 29 heavy (non-hydrogen) atoms. The predicted molar refractivity (Wildman–Crippen MR) is 123 cm³/mol. The highest BCUT2D eigenvalue weighted by Gasteiger charge is 2.16. The van der Waals surface area contributed by atoms with Gasteiger partial charge >= 0.3 is 0 Å². The van der Waals surface area contributed by atoms with Crippen molar-refractivity contribution >= 4 is 28.2 Å². The molecule has 1 aliphatic rings. The predicted octanol–water partition coefficient (Wildman–Crippen LogP) is 4.55. The number of rotatable bonds is 8. The van der Waals surface area contributed by atoms with E-state index in [0.717, 1.165) is 47.5 Å². The molecule has 1 fully saturated rings. The summed E-state index contributed by atoms with van der Waals surface area (Å²) < 4.78 is 0. The highest BCUT2D eigenvalue weighted by atomic mass is 35.5.